The van der Waals surface area contributed by atoms with Gasteiger partial charge in [-0.05, 0) is 38.6 Å². The molecule has 1 aromatic heterocycles. The second kappa shape index (κ2) is 9.21. The van der Waals surface area contributed by atoms with Crippen molar-refractivity contribution in [3.8, 4) is 0 Å². The van der Waals surface area contributed by atoms with Crippen LogP contribution in [0.5, 0.6) is 0 Å². The Morgan fingerprint density at radius 3 is 2.70 bits per heavy atom. The molecule has 1 aromatic carbocycles. The Balaban J connectivity index is 2.07. The molecule has 146 valence electrons. The molecule has 0 bridgehead atoms. The van der Waals surface area contributed by atoms with Crippen LogP contribution in [0.3, 0.4) is 0 Å². The number of anilines is 1. The van der Waals surface area contributed by atoms with Gasteiger partial charge in [0.2, 0.25) is 5.91 Å². The van der Waals surface area contributed by atoms with Crippen LogP contribution in [-0.4, -0.2) is 46.8 Å². The monoisotopic (exact) mass is 412 g/mol. The van der Waals surface area contributed by atoms with E-state index in [1.54, 1.807) is 26.1 Å². The van der Waals surface area contributed by atoms with Crippen LogP contribution in [0.25, 0.3) is 0 Å². The number of hydrogen-bond donors (Lipinski definition) is 1. The first-order valence-electron chi connectivity index (χ1n) is 8.38. The van der Waals surface area contributed by atoms with Crippen LogP contribution < -0.4 is 5.32 Å². The van der Waals surface area contributed by atoms with Crippen molar-refractivity contribution in [2.24, 2.45) is 7.05 Å². The molecule has 1 atom stereocenters. The summed E-state index contributed by atoms with van der Waals surface area (Å²) in [7, 11) is 3.45. The zero-order valence-corrected chi connectivity index (χ0v) is 17.1. The van der Waals surface area contributed by atoms with E-state index in [4.69, 9.17) is 27.9 Å². The van der Waals surface area contributed by atoms with E-state index in [9.17, 15) is 9.59 Å². The fourth-order valence-corrected chi connectivity index (χ4v) is 3.12. The van der Waals surface area contributed by atoms with Gasteiger partial charge in [0.25, 0.3) is 0 Å². The Bertz CT molecular complexity index is 838. The number of benzene rings is 1. The third kappa shape index (κ3) is 5.22. The van der Waals surface area contributed by atoms with E-state index in [1.807, 2.05) is 24.9 Å². The second-order valence-corrected chi connectivity index (χ2v) is 6.90. The molecule has 0 saturated carbocycles. The molecule has 1 N–H and O–H groups in total. The summed E-state index contributed by atoms with van der Waals surface area (Å²) in [5.41, 5.74) is 1.08. The molecule has 7 nitrogen and oxygen atoms in total. The van der Waals surface area contributed by atoms with E-state index in [0.717, 1.165) is 5.56 Å². The highest BCUT2D eigenvalue weighted by atomic mass is 35.5. The summed E-state index contributed by atoms with van der Waals surface area (Å²) in [6, 6.07) is 5.15. The third-order valence-corrected chi connectivity index (χ3v) is 4.72. The van der Waals surface area contributed by atoms with Gasteiger partial charge in [0.1, 0.15) is 11.4 Å². The molecule has 1 heterocycles. The highest BCUT2D eigenvalue weighted by molar-refractivity contribution is 6.35. The first kappa shape index (κ1) is 21.2. The van der Waals surface area contributed by atoms with E-state index in [1.165, 1.54) is 10.9 Å². The minimum atomic E-state index is -0.532. The van der Waals surface area contributed by atoms with Crippen LogP contribution in [0, 0.1) is 0 Å². The number of aromatic nitrogens is 2. The van der Waals surface area contributed by atoms with Gasteiger partial charge in [-0.1, -0.05) is 29.3 Å². The average Bonchev–Trinajstić information content (AvgIpc) is 2.95. The predicted molar refractivity (Wildman–Crippen MR) is 105 cm³/mol. The number of likely N-dealkylation sites (N-methyl/N-ethyl adjacent to an activating group) is 1. The van der Waals surface area contributed by atoms with Crippen molar-refractivity contribution in [3.05, 3.63) is 45.6 Å². The van der Waals surface area contributed by atoms with E-state index in [-0.39, 0.29) is 30.7 Å². The van der Waals surface area contributed by atoms with Gasteiger partial charge < -0.3 is 10.1 Å². The molecule has 0 saturated heterocycles. The number of halogens is 2. The summed E-state index contributed by atoms with van der Waals surface area (Å²) in [6.45, 7) is 3.98. The highest BCUT2D eigenvalue weighted by Gasteiger charge is 2.22. The van der Waals surface area contributed by atoms with Crippen molar-refractivity contribution in [2.45, 2.75) is 19.9 Å². The number of aryl methyl sites for hydroxylation is 1. The van der Waals surface area contributed by atoms with Crippen LogP contribution in [0.15, 0.2) is 24.4 Å². The molecule has 1 amide bonds. The van der Waals surface area contributed by atoms with Crippen molar-refractivity contribution in [2.75, 3.05) is 25.5 Å². The Hall–Kier alpha value is -2.09. The normalized spacial score (nSPS) is 12.1. The Morgan fingerprint density at radius 1 is 1.37 bits per heavy atom. The molecule has 0 fully saturated rings. The lowest BCUT2D eigenvalue weighted by Gasteiger charge is -2.25. The Labute approximate surface area is 168 Å². The van der Waals surface area contributed by atoms with Crippen LogP contribution in [0.2, 0.25) is 10.0 Å². The number of carbonyl (C=O) groups excluding carboxylic acids is 2. The molecule has 1 unspecified atom stereocenters. The van der Waals surface area contributed by atoms with Gasteiger partial charge in [0.15, 0.2) is 0 Å². The number of rotatable bonds is 7. The van der Waals surface area contributed by atoms with Gasteiger partial charge in [-0.2, -0.15) is 5.10 Å². The van der Waals surface area contributed by atoms with E-state index >= 15 is 0 Å². The lowest BCUT2D eigenvalue weighted by Crippen LogP contribution is -2.33. The van der Waals surface area contributed by atoms with E-state index < -0.39 is 5.97 Å². The van der Waals surface area contributed by atoms with Gasteiger partial charge in [-0.15, -0.1) is 0 Å². The second-order valence-electron chi connectivity index (χ2n) is 6.06. The number of ether oxygens (including phenoxy) is 1. The number of hydrogen-bond acceptors (Lipinski definition) is 5. The predicted octanol–water partition coefficient (Wildman–Crippen LogP) is 3.54. The smallest absolute Gasteiger partial charge is 0.343 e. The summed E-state index contributed by atoms with van der Waals surface area (Å²) in [5, 5.41) is 7.83. The molecule has 2 rings (SSSR count). The number of amides is 1. The maximum Gasteiger partial charge on any atom is 0.343 e. The molecule has 0 spiro atoms. The Kier molecular flexibility index (Phi) is 7.24. The van der Waals surface area contributed by atoms with Gasteiger partial charge in [0.05, 0.1) is 19.3 Å². The molecule has 27 heavy (non-hydrogen) atoms. The summed E-state index contributed by atoms with van der Waals surface area (Å²) >= 11 is 12.2. The summed E-state index contributed by atoms with van der Waals surface area (Å²) in [6.07, 6.45) is 1.37. The molecule has 9 heteroatoms. The van der Waals surface area contributed by atoms with Crippen LogP contribution in [0.1, 0.15) is 35.8 Å². The largest absolute Gasteiger partial charge is 0.462 e. The maximum atomic E-state index is 12.5. The van der Waals surface area contributed by atoms with E-state index in [2.05, 4.69) is 10.4 Å². The molecule has 0 aliphatic heterocycles. The van der Waals surface area contributed by atoms with Crippen molar-refractivity contribution in [1.82, 2.24) is 14.7 Å². The summed E-state index contributed by atoms with van der Waals surface area (Å²) in [5.74, 6) is -0.525. The van der Waals surface area contributed by atoms with Crippen LogP contribution in [-0.2, 0) is 16.6 Å². The number of esters is 1. The average molecular weight is 413 g/mol. The first-order chi connectivity index (χ1) is 12.7. The topological polar surface area (TPSA) is 76.5 Å². The quantitative estimate of drug-likeness (QED) is 0.703. The fraction of sp³-hybridized carbons (Fsp3) is 0.389. The molecule has 0 radical (unpaired) electrons. The fourth-order valence-electron chi connectivity index (χ4n) is 2.56. The highest BCUT2D eigenvalue weighted by Crippen LogP contribution is 2.29. The zero-order chi connectivity index (χ0) is 20.1. The molecule has 0 aliphatic carbocycles. The van der Waals surface area contributed by atoms with Crippen molar-refractivity contribution in [3.63, 3.8) is 0 Å². The molecular formula is C18H22Cl2N4O3. The van der Waals surface area contributed by atoms with Gasteiger partial charge in [0, 0.05) is 23.1 Å². The molecular weight excluding hydrogens is 391 g/mol. The summed E-state index contributed by atoms with van der Waals surface area (Å²) < 4.78 is 6.40. The maximum absolute atomic E-state index is 12.5. The lowest BCUT2D eigenvalue weighted by atomic mass is 10.1. The number of nitrogens with zero attached hydrogens (tertiary/aromatic N) is 3. The SMILES string of the molecule is CCOC(=O)c1cnn(C)c1NC(=O)CN(C)C(C)c1ccc(Cl)cc1Cl. The summed E-state index contributed by atoms with van der Waals surface area (Å²) in [4.78, 5) is 26.3. The van der Waals surface area contributed by atoms with Gasteiger partial charge >= 0.3 is 5.97 Å². The van der Waals surface area contributed by atoms with Gasteiger partial charge in [-0.3, -0.25) is 14.4 Å². The van der Waals surface area contributed by atoms with Crippen molar-refractivity contribution >= 4 is 40.9 Å². The number of carbonyl (C=O) groups is 2. The van der Waals surface area contributed by atoms with Crippen molar-refractivity contribution in [1.29, 1.82) is 0 Å². The minimum Gasteiger partial charge on any atom is -0.462 e. The number of nitrogens with one attached hydrogen (secondary N) is 1. The van der Waals surface area contributed by atoms with Crippen molar-refractivity contribution < 1.29 is 14.3 Å². The minimum absolute atomic E-state index is 0.0908. The van der Waals surface area contributed by atoms with Crippen LogP contribution in [0.4, 0.5) is 5.82 Å². The third-order valence-electron chi connectivity index (χ3n) is 4.16. The van der Waals surface area contributed by atoms with Gasteiger partial charge in [-0.25, -0.2) is 4.79 Å². The Morgan fingerprint density at radius 2 is 2.07 bits per heavy atom. The van der Waals surface area contributed by atoms with Crippen LogP contribution >= 0.6 is 23.2 Å². The lowest BCUT2D eigenvalue weighted by molar-refractivity contribution is -0.117. The first-order valence-corrected chi connectivity index (χ1v) is 9.14. The molecule has 0 aliphatic rings. The van der Waals surface area contributed by atoms with E-state index in [0.29, 0.717) is 15.9 Å². The molecule has 2 aromatic rings. The standard InChI is InChI=1S/C18H22Cl2N4O3/c1-5-27-18(26)14-9-21-24(4)17(14)22-16(25)10-23(3)11(2)13-7-6-12(19)8-15(13)20/h6-9,11H,5,10H2,1-4H3,(H,22,25). The zero-order valence-electron chi connectivity index (χ0n) is 15.6.